The minimum Gasteiger partial charge on any atom is -0.397 e. The molecule has 1 fully saturated rings. The van der Waals surface area contributed by atoms with Crippen molar-refractivity contribution in [3.8, 4) is 0 Å². The van der Waals surface area contributed by atoms with Crippen molar-refractivity contribution in [1.29, 1.82) is 0 Å². The Labute approximate surface area is 97.5 Å². The number of hydrogen-bond donors (Lipinski definition) is 2. The van der Waals surface area contributed by atoms with E-state index in [0.717, 1.165) is 35.4 Å². The van der Waals surface area contributed by atoms with E-state index in [1.54, 1.807) is 6.20 Å². The van der Waals surface area contributed by atoms with Crippen molar-refractivity contribution >= 4 is 11.5 Å². The Morgan fingerprint density at radius 2 is 2.31 bits per heavy atom. The van der Waals surface area contributed by atoms with E-state index >= 15 is 0 Å². The predicted molar refractivity (Wildman–Crippen MR) is 68.4 cm³/mol. The summed E-state index contributed by atoms with van der Waals surface area (Å²) in [6.07, 6.45) is 5.80. The molecule has 3 heteroatoms. The molecule has 0 amide bonds. The number of nitrogens with two attached hydrogens (primary N) is 1. The van der Waals surface area contributed by atoms with Crippen LogP contribution in [-0.2, 0) is 0 Å². The molecule has 0 bridgehead atoms. The van der Waals surface area contributed by atoms with Gasteiger partial charge < -0.3 is 11.1 Å². The van der Waals surface area contributed by atoms with E-state index < -0.39 is 0 Å². The van der Waals surface area contributed by atoms with E-state index in [4.69, 9.17) is 5.73 Å². The van der Waals surface area contributed by atoms with Gasteiger partial charge in [-0.1, -0.05) is 13.3 Å². The number of aryl methyl sites for hydroxylation is 1. The maximum Gasteiger partial charge on any atom is 0.126 e. The molecule has 3 nitrogen and oxygen atoms in total. The lowest BCUT2D eigenvalue weighted by Gasteiger charge is -2.12. The lowest BCUT2D eigenvalue weighted by molar-refractivity contribution is 0.536. The fourth-order valence-electron chi connectivity index (χ4n) is 2.42. The molecular weight excluding hydrogens is 198 g/mol. The minimum atomic E-state index is 0.764. The van der Waals surface area contributed by atoms with Gasteiger partial charge >= 0.3 is 0 Å². The van der Waals surface area contributed by atoms with Gasteiger partial charge in [-0.05, 0) is 43.2 Å². The lowest BCUT2D eigenvalue weighted by atomic mass is 10.1. The summed E-state index contributed by atoms with van der Waals surface area (Å²) in [7, 11) is 0. The van der Waals surface area contributed by atoms with Crippen LogP contribution in [0.2, 0.25) is 0 Å². The van der Waals surface area contributed by atoms with Gasteiger partial charge in [-0.15, -0.1) is 0 Å². The molecule has 1 aromatic rings. The quantitative estimate of drug-likeness (QED) is 0.822. The van der Waals surface area contributed by atoms with Crippen LogP contribution < -0.4 is 11.1 Å². The summed E-state index contributed by atoms with van der Waals surface area (Å²) in [5, 5.41) is 3.41. The molecule has 0 aromatic carbocycles. The van der Waals surface area contributed by atoms with Crippen molar-refractivity contribution < 1.29 is 0 Å². The van der Waals surface area contributed by atoms with Gasteiger partial charge in [0, 0.05) is 6.54 Å². The Morgan fingerprint density at radius 3 is 2.94 bits per heavy atom. The van der Waals surface area contributed by atoms with E-state index in [1.807, 2.05) is 13.0 Å². The summed E-state index contributed by atoms with van der Waals surface area (Å²) in [6.45, 7) is 5.39. The number of anilines is 2. The predicted octanol–water partition coefficient (Wildman–Crippen LogP) is 2.82. The van der Waals surface area contributed by atoms with Gasteiger partial charge in [-0.3, -0.25) is 0 Å². The molecule has 2 atom stereocenters. The van der Waals surface area contributed by atoms with Crippen LogP contribution in [-0.4, -0.2) is 11.5 Å². The van der Waals surface area contributed by atoms with Gasteiger partial charge in [-0.25, -0.2) is 4.98 Å². The number of hydrogen-bond acceptors (Lipinski definition) is 3. The van der Waals surface area contributed by atoms with Gasteiger partial charge in [0.1, 0.15) is 5.82 Å². The third-order valence-electron chi connectivity index (χ3n) is 3.53. The first-order valence-corrected chi connectivity index (χ1v) is 6.11. The van der Waals surface area contributed by atoms with Crippen molar-refractivity contribution in [3.05, 3.63) is 17.8 Å². The average Bonchev–Trinajstić information content (AvgIpc) is 2.66. The van der Waals surface area contributed by atoms with E-state index in [0.29, 0.717) is 0 Å². The Hall–Kier alpha value is -1.25. The fourth-order valence-corrected chi connectivity index (χ4v) is 2.42. The first-order valence-electron chi connectivity index (χ1n) is 6.11. The number of aromatic nitrogens is 1. The highest BCUT2D eigenvalue weighted by Gasteiger charge is 2.20. The van der Waals surface area contributed by atoms with Crippen LogP contribution in [0.4, 0.5) is 11.5 Å². The van der Waals surface area contributed by atoms with Crippen LogP contribution in [0.1, 0.15) is 31.7 Å². The van der Waals surface area contributed by atoms with Crippen LogP contribution in [0.15, 0.2) is 12.3 Å². The molecule has 16 heavy (non-hydrogen) atoms. The maximum absolute atomic E-state index is 5.73. The molecule has 0 radical (unpaired) electrons. The Bertz CT molecular complexity index is 362. The molecule has 1 aliphatic rings. The largest absolute Gasteiger partial charge is 0.397 e. The molecule has 1 aromatic heterocycles. The zero-order chi connectivity index (χ0) is 11.5. The highest BCUT2D eigenvalue weighted by atomic mass is 15.0. The van der Waals surface area contributed by atoms with Crippen LogP contribution in [0.25, 0.3) is 0 Å². The minimum absolute atomic E-state index is 0.764. The summed E-state index contributed by atoms with van der Waals surface area (Å²) in [5.41, 5.74) is 7.59. The first kappa shape index (κ1) is 11.2. The average molecular weight is 219 g/mol. The Balaban J connectivity index is 1.87. The summed E-state index contributed by atoms with van der Waals surface area (Å²) < 4.78 is 0. The second kappa shape index (κ2) is 4.73. The van der Waals surface area contributed by atoms with Crippen molar-refractivity contribution in [3.63, 3.8) is 0 Å². The molecule has 1 aliphatic carbocycles. The molecule has 2 rings (SSSR count). The number of nitrogens with one attached hydrogen (secondary N) is 1. The molecule has 0 spiro atoms. The Morgan fingerprint density at radius 1 is 1.50 bits per heavy atom. The third kappa shape index (κ3) is 2.65. The SMILES string of the molecule is Cc1cc(NCC2CCC(C)C2)ncc1N. The summed E-state index contributed by atoms with van der Waals surface area (Å²) in [6, 6.07) is 2.02. The molecule has 0 saturated heterocycles. The molecule has 88 valence electrons. The topological polar surface area (TPSA) is 50.9 Å². The lowest BCUT2D eigenvalue weighted by Crippen LogP contribution is -2.12. The van der Waals surface area contributed by atoms with E-state index in [-0.39, 0.29) is 0 Å². The molecule has 1 heterocycles. The van der Waals surface area contributed by atoms with E-state index in [1.165, 1.54) is 19.3 Å². The highest BCUT2D eigenvalue weighted by molar-refractivity contribution is 5.50. The van der Waals surface area contributed by atoms with Gasteiger partial charge in [-0.2, -0.15) is 0 Å². The van der Waals surface area contributed by atoms with Crippen LogP contribution in [0.3, 0.4) is 0 Å². The highest BCUT2D eigenvalue weighted by Crippen LogP contribution is 2.30. The van der Waals surface area contributed by atoms with Gasteiger partial charge in [0.25, 0.3) is 0 Å². The second-order valence-corrected chi connectivity index (χ2v) is 5.09. The molecule has 1 saturated carbocycles. The monoisotopic (exact) mass is 219 g/mol. The third-order valence-corrected chi connectivity index (χ3v) is 3.53. The molecular formula is C13H21N3. The van der Waals surface area contributed by atoms with Crippen molar-refractivity contribution in [2.75, 3.05) is 17.6 Å². The number of nitrogens with zero attached hydrogens (tertiary/aromatic N) is 1. The van der Waals surface area contributed by atoms with Gasteiger partial charge in [0.05, 0.1) is 11.9 Å². The normalized spacial score (nSPS) is 24.6. The van der Waals surface area contributed by atoms with E-state index in [2.05, 4.69) is 17.2 Å². The summed E-state index contributed by atoms with van der Waals surface area (Å²) in [5.74, 6) is 2.66. The second-order valence-electron chi connectivity index (χ2n) is 5.09. The number of pyridine rings is 1. The van der Waals surface area contributed by atoms with Gasteiger partial charge in [0.2, 0.25) is 0 Å². The summed E-state index contributed by atoms with van der Waals surface area (Å²) in [4.78, 5) is 4.28. The van der Waals surface area contributed by atoms with Crippen LogP contribution >= 0.6 is 0 Å². The maximum atomic E-state index is 5.73. The zero-order valence-corrected chi connectivity index (χ0v) is 10.2. The van der Waals surface area contributed by atoms with Crippen LogP contribution in [0, 0.1) is 18.8 Å². The van der Waals surface area contributed by atoms with Crippen molar-refractivity contribution in [1.82, 2.24) is 4.98 Å². The molecule has 2 unspecified atom stereocenters. The molecule has 3 N–H and O–H groups in total. The van der Waals surface area contributed by atoms with Crippen molar-refractivity contribution in [2.24, 2.45) is 11.8 Å². The number of nitrogen functional groups attached to an aromatic ring is 1. The van der Waals surface area contributed by atoms with E-state index in [9.17, 15) is 0 Å². The molecule has 0 aliphatic heterocycles. The number of rotatable bonds is 3. The summed E-state index contributed by atoms with van der Waals surface area (Å²) >= 11 is 0. The Kier molecular flexibility index (Phi) is 3.32. The van der Waals surface area contributed by atoms with Gasteiger partial charge in [0.15, 0.2) is 0 Å². The first-order chi connectivity index (χ1) is 7.65. The zero-order valence-electron chi connectivity index (χ0n) is 10.2. The standard InChI is InChI=1S/C13H21N3/c1-9-3-4-11(5-9)7-15-13-6-10(2)12(14)8-16-13/h6,8-9,11H,3-5,7,14H2,1-2H3,(H,15,16). The van der Waals surface area contributed by atoms with Crippen LogP contribution in [0.5, 0.6) is 0 Å². The van der Waals surface area contributed by atoms with Crippen molar-refractivity contribution in [2.45, 2.75) is 33.1 Å². The fraction of sp³-hybridized carbons (Fsp3) is 0.615. The smallest absolute Gasteiger partial charge is 0.126 e.